The second-order valence-electron chi connectivity index (χ2n) is 5.99. The van der Waals surface area contributed by atoms with Gasteiger partial charge in [-0.25, -0.2) is 4.79 Å². The number of piperidine rings is 1. The third-order valence-electron chi connectivity index (χ3n) is 4.21. The van der Waals surface area contributed by atoms with E-state index in [1.807, 2.05) is 9.80 Å². The van der Waals surface area contributed by atoms with E-state index < -0.39 is 0 Å². The highest BCUT2D eigenvalue weighted by Crippen LogP contribution is 2.21. The fourth-order valence-corrected chi connectivity index (χ4v) is 2.69. The lowest BCUT2D eigenvalue weighted by Crippen LogP contribution is -2.61. The normalized spacial score (nSPS) is 26.1. The molecule has 2 aliphatic rings. The number of carbonyl (C=O) groups is 1. The molecule has 2 aliphatic heterocycles. The summed E-state index contributed by atoms with van der Waals surface area (Å²) in [4.78, 5) is 18.8. The summed E-state index contributed by atoms with van der Waals surface area (Å²) in [7, 11) is 2.14. The Morgan fingerprint density at radius 3 is 2.18 bits per heavy atom. The second kappa shape index (κ2) is 4.84. The van der Waals surface area contributed by atoms with Crippen LogP contribution >= 0.6 is 0 Å². The molecular formula is C13H25N3O. The molecule has 0 aromatic heterocycles. The zero-order valence-corrected chi connectivity index (χ0v) is 11.4. The SMILES string of the molecule is CN1CCN(C(=O)N2CCCCC2)CC1(C)C. The predicted octanol–water partition coefficient (Wildman–Crippen LogP) is 1.62. The Bertz CT molecular complexity index is 284. The Kier molecular flexibility index (Phi) is 3.61. The third kappa shape index (κ3) is 2.73. The molecule has 0 bridgehead atoms. The number of hydrogen-bond acceptors (Lipinski definition) is 2. The van der Waals surface area contributed by atoms with Gasteiger partial charge in [0.25, 0.3) is 0 Å². The van der Waals surface area contributed by atoms with Gasteiger partial charge in [0, 0.05) is 38.3 Å². The van der Waals surface area contributed by atoms with Crippen LogP contribution in [0.4, 0.5) is 4.79 Å². The summed E-state index contributed by atoms with van der Waals surface area (Å²) in [5, 5.41) is 0. The molecule has 0 atom stereocenters. The molecule has 0 N–H and O–H groups in total. The highest BCUT2D eigenvalue weighted by atomic mass is 16.2. The summed E-state index contributed by atoms with van der Waals surface area (Å²) in [5.74, 6) is 0. The first-order valence-corrected chi connectivity index (χ1v) is 6.76. The van der Waals surface area contributed by atoms with Crippen molar-refractivity contribution >= 4 is 6.03 Å². The van der Waals surface area contributed by atoms with Crippen LogP contribution in [0.15, 0.2) is 0 Å². The molecular weight excluding hydrogens is 214 g/mol. The van der Waals surface area contributed by atoms with Crippen molar-refractivity contribution in [1.29, 1.82) is 0 Å². The first-order valence-electron chi connectivity index (χ1n) is 6.76. The molecule has 2 rings (SSSR count). The number of carbonyl (C=O) groups excluding carboxylic acids is 1. The molecule has 4 nitrogen and oxygen atoms in total. The van der Waals surface area contributed by atoms with Gasteiger partial charge in [-0.15, -0.1) is 0 Å². The molecule has 0 radical (unpaired) electrons. The molecule has 0 spiro atoms. The lowest BCUT2D eigenvalue weighted by atomic mass is 10.00. The standard InChI is InChI=1S/C13H25N3O/c1-13(2)11-16(10-9-14(13)3)12(17)15-7-5-4-6-8-15/h4-11H2,1-3H3. The number of urea groups is 1. The minimum atomic E-state index is 0.101. The van der Waals surface area contributed by atoms with E-state index in [1.165, 1.54) is 19.3 Å². The maximum Gasteiger partial charge on any atom is 0.320 e. The molecule has 0 saturated carbocycles. The Labute approximate surface area is 105 Å². The average molecular weight is 239 g/mol. The van der Waals surface area contributed by atoms with E-state index in [0.717, 1.165) is 32.7 Å². The largest absolute Gasteiger partial charge is 0.325 e. The van der Waals surface area contributed by atoms with Crippen molar-refractivity contribution in [3.05, 3.63) is 0 Å². The molecule has 2 heterocycles. The quantitative estimate of drug-likeness (QED) is 0.642. The van der Waals surface area contributed by atoms with Crippen LogP contribution in [0.1, 0.15) is 33.1 Å². The Hall–Kier alpha value is -0.770. The number of likely N-dealkylation sites (tertiary alicyclic amines) is 1. The summed E-state index contributed by atoms with van der Waals surface area (Å²) in [5.41, 5.74) is 0.101. The predicted molar refractivity (Wildman–Crippen MR) is 69.1 cm³/mol. The van der Waals surface area contributed by atoms with Gasteiger partial charge in [-0.05, 0) is 40.2 Å². The van der Waals surface area contributed by atoms with Gasteiger partial charge in [0.2, 0.25) is 0 Å². The topological polar surface area (TPSA) is 26.8 Å². The van der Waals surface area contributed by atoms with Crippen molar-refractivity contribution in [2.75, 3.05) is 39.8 Å². The molecule has 2 fully saturated rings. The molecule has 4 heteroatoms. The number of hydrogen-bond donors (Lipinski definition) is 0. The lowest BCUT2D eigenvalue weighted by Gasteiger charge is -2.46. The highest BCUT2D eigenvalue weighted by molar-refractivity contribution is 5.74. The number of amides is 2. The van der Waals surface area contributed by atoms with Crippen LogP contribution in [0, 0.1) is 0 Å². The van der Waals surface area contributed by atoms with E-state index in [1.54, 1.807) is 0 Å². The Balaban J connectivity index is 1.95. The average Bonchev–Trinajstić information content (AvgIpc) is 2.33. The zero-order chi connectivity index (χ0) is 12.5. The maximum absolute atomic E-state index is 12.4. The van der Waals surface area contributed by atoms with Crippen molar-refractivity contribution in [1.82, 2.24) is 14.7 Å². The van der Waals surface area contributed by atoms with E-state index in [-0.39, 0.29) is 11.6 Å². The summed E-state index contributed by atoms with van der Waals surface area (Å²) < 4.78 is 0. The van der Waals surface area contributed by atoms with E-state index in [9.17, 15) is 4.79 Å². The zero-order valence-electron chi connectivity index (χ0n) is 11.4. The molecule has 2 saturated heterocycles. The fraction of sp³-hybridized carbons (Fsp3) is 0.923. The highest BCUT2D eigenvalue weighted by Gasteiger charge is 2.34. The van der Waals surface area contributed by atoms with Gasteiger partial charge in [-0.3, -0.25) is 4.90 Å². The summed E-state index contributed by atoms with van der Waals surface area (Å²) in [6.07, 6.45) is 3.61. The Morgan fingerprint density at radius 2 is 1.59 bits per heavy atom. The fourth-order valence-electron chi connectivity index (χ4n) is 2.69. The number of likely N-dealkylation sites (N-methyl/N-ethyl adjacent to an activating group) is 1. The van der Waals surface area contributed by atoms with Gasteiger partial charge in [-0.1, -0.05) is 0 Å². The van der Waals surface area contributed by atoms with Crippen LogP contribution in [0.3, 0.4) is 0 Å². The number of nitrogens with zero attached hydrogens (tertiary/aromatic N) is 3. The minimum Gasteiger partial charge on any atom is -0.325 e. The van der Waals surface area contributed by atoms with Crippen molar-refractivity contribution in [3.63, 3.8) is 0 Å². The summed E-state index contributed by atoms with van der Waals surface area (Å²) in [6, 6.07) is 0.255. The molecule has 98 valence electrons. The van der Waals surface area contributed by atoms with E-state index >= 15 is 0 Å². The van der Waals surface area contributed by atoms with E-state index in [2.05, 4.69) is 25.8 Å². The minimum absolute atomic E-state index is 0.101. The lowest BCUT2D eigenvalue weighted by molar-refractivity contribution is 0.0439. The van der Waals surface area contributed by atoms with Crippen molar-refractivity contribution < 1.29 is 4.79 Å². The first-order chi connectivity index (χ1) is 8.00. The van der Waals surface area contributed by atoms with Crippen LogP contribution in [0.2, 0.25) is 0 Å². The molecule has 17 heavy (non-hydrogen) atoms. The molecule has 2 amide bonds. The monoisotopic (exact) mass is 239 g/mol. The van der Waals surface area contributed by atoms with Crippen molar-refractivity contribution in [2.45, 2.75) is 38.6 Å². The van der Waals surface area contributed by atoms with Crippen LogP contribution in [0.25, 0.3) is 0 Å². The first kappa shape index (κ1) is 12.7. The van der Waals surface area contributed by atoms with Gasteiger partial charge >= 0.3 is 6.03 Å². The molecule has 0 aromatic rings. The van der Waals surface area contributed by atoms with Crippen molar-refractivity contribution in [3.8, 4) is 0 Å². The van der Waals surface area contributed by atoms with Gasteiger partial charge in [0.15, 0.2) is 0 Å². The smallest absolute Gasteiger partial charge is 0.320 e. The van der Waals surface area contributed by atoms with Crippen molar-refractivity contribution in [2.24, 2.45) is 0 Å². The van der Waals surface area contributed by atoms with Gasteiger partial charge in [0.1, 0.15) is 0 Å². The van der Waals surface area contributed by atoms with E-state index in [4.69, 9.17) is 0 Å². The number of rotatable bonds is 0. The molecule has 0 aliphatic carbocycles. The van der Waals surface area contributed by atoms with Crippen LogP contribution in [-0.4, -0.2) is 66.0 Å². The van der Waals surface area contributed by atoms with E-state index in [0.29, 0.717) is 0 Å². The second-order valence-corrected chi connectivity index (χ2v) is 5.99. The van der Waals surface area contributed by atoms with Crippen LogP contribution in [0.5, 0.6) is 0 Å². The Morgan fingerprint density at radius 1 is 0.941 bits per heavy atom. The maximum atomic E-state index is 12.4. The summed E-state index contributed by atoms with van der Waals surface area (Å²) >= 11 is 0. The van der Waals surface area contributed by atoms with Gasteiger partial charge in [0.05, 0.1) is 0 Å². The van der Waals surface area contributed by atoms with Crippen LogP contribution in [-0.2, 0) is 0 Å². The number of piperazine rings is 1. The molecule has 0 unspecified atom stereocenters. The van der Waals surface area contributed by atoms with Gasteiger partial charge < -0.3 is 9.80 Å². The van der Waals surface area contributed by atoms with Gasteiger partial charge in [-0.2, -0.15) is 0 Å². The third-order valence-corrected chi connectivity index (χ3v) is 4.21. The van der Waals surface area contributed by atoms with Crippen LogP contribution < -0.4 is 0 Å². The summed E-state index contributed by atoms with van der Waals surface area (Å²) in [6.45, 7) is 9.02. The molecule has 0 aromatic carbocycles.